The molecule has 0 saturated carbocycles. The fourth-order valence-corrected chi connectivity index (χ4v) is 6.58. The van der Waals surface area contributed by atoms with E-state index in [2.05, 4.69) is 142 Å². The van der Waals surface area contributed by atoms with Gasteiger partial charge < -0.3 is 14.2 Å². The van der Waals surface area contributed by atoms with Gasteiger partial charge in [0.2, 0.25) is 0 Å². The highest BCUT2D eigenvalue weighted by Gasteiger charge is 2.19. The lowest BCUT2D eigenvalue weighted by atomic mass is 10.1. The zero-order chi connectivity index (χ0) is 47.2. The lowest BCUT2D eigenvalue weighted by molar-refractivity contribution is -0.167. The predicted molar refractivity (Wildman–Crippen MR) is 279 cm³/mol. The van der Waals surface area contributed by atoms with Crippen LogP contribution in [0.5, 0.6) is 0 Å². The molecule has 0 aromatic rings. The van der Waals surface area contributed by atoms with Crippen molar-refractivity contribution in [3.05, 3.63) is 122 Å². The van der Waals surface area contributed by atoms with Gasteiger partial charge in [-0.2, -0.15) is 0 Å². The van der Waals surface area contributed by atoms with Crippen LogP contribution < -0.4 is 0 Å². The fraction of sp³-hybridized carbons (Fsp3) is 0.610. The molecule has 0 spiro atoms. The van der Waals surface area contributed by atoms with Crippen LogP contribution in [0.2, 0.25) is 0 Å². The highest BCUT2D eigenvalue weighted by Crippen LogP contribution is 2.12. The zero-order valence-corrected chi connectivity index (χ0v) is 41.7. The number of esters is 3. The standard InChI is InChI=1S/C59H94O6/c1-4-7-10-13-16-19-22-25-28-29-32-34-37-40-43-46-49-52-58(61)64-55-56(65-59(62)53-50-47-44-41-38-35-31-27-24-21-18-15-12-9-6-3)54-63-57(60)51-48-45-42-39-36-33-30-26-23-20-17-14-11-8-5-2/h7,9-10,12,16,18-19,21,25-28,30-32,34,38,40-41,43,56H,4-6,8,11,13-15,17,20,22-24,29,33,35-37,39,42,44-55H2,1-3H3/b10-7-,12-9-,19-16-,21-18-,28-25-,30-26-,31-27-,34-32-,41-38-,43-40-. The van der Waals surface area contributed by atoms with Gasteiger partial charge in [0.1, 0.15) is 13.2 Å². The molecule has 65 heavy (non-hydrogen) atoms. The van der Waals surface area contributed by atoms with Crippen LogP contribution in [-0.4, -0.2) is 37.2 Å². The molecule has 0 aromatic carbocycles. The van der Waals surface area contributed by atoms with Crippen molar-refractivity contribution >= 4 is 17.9 Å². The summed E-state index contributed by atoms with van der Waals surface area (Å²) < 4.78 is 16.7. The lowest BCUT2D eigenvalue weighted by Gasteiger charge is -2.18. The lowest BCUT2D eigenvalue weighted by Crippen LogP contribution is -2.30. The molecule has 0 fully saturated rings. The van der Waals surface area contributed by atoms with E-state index >= 15 is 0 Å². The van der Waals surface area contributed by atoms with Crippen LogP contribution in [-0.2, 0) is 28.6 Å². The average Bonchev–Trinajstić information content (AvgIpc) is 3.30. The summed E-state index contributed by atoms with van der Waals surface area (Å²) in [5.74, 6) is -1.04. The van der Waals surface area contributed by atoms with Crippen molar-refractivity contribution in [1.82, 2.24) is 0 Å². The topological polar surface area (TPSA) is 78.9 Å². The van der Waals surface area contributed by atoms with Gasteiger partial charge in [-0.25, -0.2) is 0 Å². The maximum absolute atomic E-state index is 12.8. The third kappa shape index (κ3) is 50.7. The number of rotatable bonds is 45. The quantitative estimate of drug-likeness (QED) is 0.0262. The van der Waals surface area contributed by atoms with Crippen LogP contribution in [0.15, 0.2) is 122 Å². The van der Waals surface area contributed by atoms with E-state index in [1.54, 1.807) is 0 Å². The molecule has 0 heterocycles. The van der Waals surface area contributed by atoms with Crippen LogP contribution in [0.25, 0.3) is 0 Å². The molecule has 6 nitrogen and oxygen atoms in total. The summed E-state index contributed by atoms with van der Waals surface area (Å²) in [6.45, 7) is 6.29. The fourth-order valence-electron chi connectivity index (χ4n) is 6.58. The second-order valence-corrected chi connectivity index (χ2v) is 16.7. The van der Waals surface area contributed by atoms with Crippen molar-refractivity contribution in [1.29, 1.82) is 0 Å². The number of carbonyl (C=O) groups is 3. The van der Waals surface area contributed by atoms with Crippen LogP contribution in [0.4, 0.5) is 0 Å². The van der Waals surface area contributed by atoms with Crippen molar-refractivity contribution < 1.29 is 28.6 Å². The molecule has 6 heteroatoms. The minimum atomic E-state index is -0.829. The average molecular weight is 899 g/mol. The molecule has 1 unspecified atom stereocenters. The van der Waals surface area contributed by atoms with Crippen molar-refractivity contribution in [2.24, 2.45) is 0 Å². The van der Waals surface area contributed by atoms with Crippen LogP contribution in [0.1, 0.15) is 213 Å². The van der Waals surface area contributed by atoms with Gasteiger partial charge in [0.05, 0.1) is 0 Å². The molecule has 0 aliphatic heterocycles. The maximum atomic E-state index is 12.8. The van der Waals surface area contributed by atoms with E-state index in [0.717, 1.165) is 109 Å². The smallest absolute Gasteiger partial charge is 0.306 e. The van der Waals surface area contributed by atoms with Gasteiger partial charge in [0.15, 0.2) is 6.10 Å². The molecule has 1 atom stereocenters. The Balaban J connectivity index is 4.58. The third-order valence-electron chi connectivity index (χ3n) is 10.4. The Morgan fingerprint density at radius 2 is 0.615 bits per heavy atom. The Morgan fingerprint density at radius 3 is 1.05 bits per heavy atom. The second-order valence-electron chi connectivity index (χ2n) is 16.7. The summed E-state index contributed by atoms with van der Waals surface area (Å²) >= 11 is 0. The molecule has 0 bridgehead atoms. The van der Waals surface area contributed by atoms with E-state index in [0.29, 0.717) is 19.3 Å². The number of allylic oxidation sites excluding steroid dienone is 20. The van der Waals surface area contributed by atoms with E-state index in [9.17, 15) is 14.4 Å². The first kappa shape index (κ1) is 60.8. The van der Waals surface area contributed by atoms with Gasteiger partial charge >= 0.3 is 17.9 Å². The Kier molecular flexibility index (Phi) is 49.1. The Labute approximate surface area is 399 Å². The van der Waals surface area contributed by atoms with Crippen molar-refractivity contribution in [3.63, 3.8) is 0 Å². The molecule has 0 amide bonds. The third-order valence-corrected chi connectivity index (χ3v) is 10.4. The Hall–Kier alpha value is -4.19. The van der Waals surface area contributed by atoms with Crippen LogP contribution in [0.3, 0.4) is 0 Å². The molecule has 0 saturated heterocycles. The SMILES string of the molecule is CC/C=C\C/C=C\C/C=C\C/C=C\C/C=C\CCCC(=O)OCC(COC(=O)CCCCCCC/C=C\CCCCCCCC)OC(=O)CCCC/C=C\C/C=C\C/C=C\C/C=C\CC. The molecular weight excluding hydrogens is 805 g/mol. The number of unbranched alkanes of at least 4 members (excludes halogenated alkanes) is 14. The summed E-state index contributed by atoms with van der Waals surface area (Å²) in [5.41, 5.74) is 0. The van der Waals surface area contributed by atoms with Crippen LogP contribution >= 0.6 is 0 Å². The molecule has 0 rings (SSSR count). The molecule has 0 radical (unpaired) electrons. The molecule has 366 valence electrons. The summed E-state index contributed by atoms with van der Waals surface area (Å²) in [4.78, 5) is 38.0. The first-order chi connectivity index (χ1) is 32.0. The van der Waals surface area contributed by atoms with Crippen molar-refractivity contribution in [2.45, 2.75) is 219 Å². The summed E-state index contributed by atoms with van der Waals surface area (Å²) in [6, 6.07) is 0. The number of hydrogen-bond acceptors (Lipinski definition) is 6. The van der Waals surface area contributed by atoms with Crippen molar-refractivity contribution in [3.8, 4) is 0 Å². The summed E-state index contributed by atoms with van der Waals surface area (Å²) in [7, 11) is 0. The van der Waals surface area contributed by atoms with E-state index in [1.807, 2.05) is 0 Å². The van der Waals surface area contributed by atoms with E-state index in [4.69, 9.17) is 14.2 Å². The zero-order valence-electron chi connectivity index (χ0n) is 41.7. The minimum absolute atomic E-state index is 0.120. The second kappa shape index (κ2) is 52.4. The van der Waals surface area contributed by atoms with E-state index in [1.165, 1.54) is 51.4 Å². The largest absolute Gasteiger partial charge is 0.462 e. The van der Waals surface area contributed by atoms with Gasteiger partial charge in [-0.15, -0.1) is 0 Å². The van der Waals surface area contributed by atoms with Gasteiger partial charge in [-0.05, 0) is 122 Å². The van der Waals surface area contributed by atoms with Gasteiger partial charge in [0, 0.05) is 19.3 Å². The maximum Gasteiger partial charge on any atom is 0.306 e. The van der Waals surface area contributed by atoms with Crippen molar-refractivity contribution in [2.75, 3.05) is 13.2 Å². The summed E-state index contributed by atoms with van der Waals surface area (Å²) in [5, 5.41) is 0. The Bertz CT molecular complexity index is 1400. The molecule has 0 N–H and O–H groups in total. The summed E-state index contributed by atoms with van der Waals surface area (Å²) in [6.07, 6.45) is 71.9. The highest BCUT2D eigenvalue weighted by atomic mass is 16.6. The monoisotopic (exact) mass is 899 g/mol. The van der Waals surface area contributed by atoms with Gasteiger partial charge in [0.25, 0.3) is 0 Å². The number of hydrogen-bond donors (Lipinski definition) is 0. The molecule has 0 aliphatic carbocycles. The Morgan fingerprint density at radius 1 is 0.323 bits per heavy atom. The predicted octanol–water partition coefficient (Wildman–Crippen LogP) is 17.3. The van der Waals surface area contributed by atoms with E-state index in [-0.39, 0.29) is 44.0 Å². The highest BCUT2D eigenvalue weighted by molar-refractivity contribution is 5.71. The van der Waals surface area contributed by atoms with E-state index < -0.39 is 6.10 Å². The first-order valence-corrected chi connectivity index (χ1v) is 26.0. The first-order valence-electron chi connectivity index (χ1n) is 26.0. The molecular formula is C59H94O6. The van der Waals surface area contributed by atoms with Gasteiger partial charge in [-0.3, -0.25) is 14.4 Å². The minimum Gasteiger partial charge on any atom is -0.462 e. The molecule has 0 aliphatic rings. The normalized spacial score (nSPS) is 13.1. The van der Waals surface area contributed by atoms with Gasteiger partial charge in [-0.1, -0.05) is 194 Å². The van der Waals surface area contributed by atoms with Crippen LogP contribution in [0, 0.1) is 0 Å². The number of carbonyl (C=O) groups excluding carboxylic acids is 3. The molecule has 0 aromatic heterocycles. The number of ether oxygens (including phenoxy) is 3.